The van der Waals surface area contributed by atoms with E-state index in [1.807, 2.05) is 18.1 Å². The van der Waals surface area contributed by atoms with Gasteiger partial charge in [0.25, 0.3) is 0 Å². The van der Waals surface area contributed by atoms with Gasteiger partial charge in [0.15, 0.2) is 0 Å². The molecule has 2 aliphatic rings. The van der Waals surface area contributed by atoms with E-state index in [0.717, 1.165) is 25.4 Å². The maximum atomic E-state index is 9.21. The Labute approximate surface area is 227 Å². The number of rotatable bonds is 23. The fourth-order valence-corrected chi connectivity index (χ4v) is 3.88. The number of ether oxygens (including phenoxy) is 9. The van der Waals surface area contributed by atoms with Crippen LogP contribution in [0.25, 0.3) is 0 Å². The van der Waals surface area contributed by atoms with Crippen LogP contribution in [0, 0.1) is 0 Å². The molecule has 13 nitrogen and oxygen atoms in total. The molecule has 0 bridgehead atoms. The maximum absolute atomic E-state index is 9.21. The van der Waals surface area contributed by atoms with Gasteiger partial charge in [-0.15, -0.1) is 0 Å². The Bertz CT molecular complexity index is 598. The van der Waals surface area contributed by atoms with Gasteiger partial charge in [-0.3, -0.25) is 9.80 Å². The number of hydrogen-bond acceptors (Lipinski definition) is 13. The monoisotopic (exact) mass is 551 g/mol. The van der Waals surface area contributed by atoms with Crippen LogP contribution in [0.5, 0.6) is 0 Å². The summed E-state index contributed by atoms with van der Waals surface area (Å²) in [6, 6.07) is -0.120. The van der Waals surface area contributed by atoms with Gasteiger partial charge in [0.05, 0.1) is 79.4 Å². The predicted molar refractivity (Wildman–Crippen MR) is 139 cm³/mol. The summed E-state index contributed by atoms with van der Waals surface area (Å²) in [4.78, 5) is 6.38. The molecule has 2 aliphatic heterocycles. The number of morpholine rings is 1. The van der Waals surface area contributed by atoms with Crippen LogP contribution in [-0.2, 0) is 42.6 Å². The van der Waals surface area contributed by atoms with E-state index >= 15 is 0 Å². The number of likely N-dealkylation sites (N-methyl/N-ethyl adjacent to an activating group) is 1. The second kappa shape index (κ2) is 21.7. The van der Waals surface area contributed by atoms with Gasteiger partial charge in [0.2, 0.25) is 0 Å². The lowest BCUT2D eigenvalue weighted by molar-refractivity contribution is -0.159. The highest BCUT2D eigenvalue weighted by atomic mass is 16.6. The van der Waals surface area contributed by atoms with Gasteiger partial charge >= 0.3 is 0 Å². The number of aliphatic hydroxyl groups excluding tert-OH is 1. The molecule has 38 heavy (non-hydrogen) atoms. The van der Waals surface area contributed by atoms with E-state index in [1.54, 1.807) is 14.2 Å². The second-order valence-corrected chi connectivity index (χ2v) is 8.93. The molecule has 1 N–H and O–H groups in total. The van der Waals surface area contributed by atoms with E-state index in [1.165, 1.54) is 0 Å². The van der Waals surface area contributed by atoms with E-state index in [-0.39, 0.29) is 25.5 Å². The Kier molecular flexibility index (Phi) is 18.9. The molecule has 13 heteroatoms. The van der Waals surface area contributed by atoms with Crippen LogP contribution in [0.4, 0.5) is 0 Å². The molecule has 0 amide bonds. The molecule has 0 aromatic carbocycles. The van der Waals surface area contributed by atoms with Crippen molar-refractivity contribution in [1.29, 1.82) is 0 Å². The second-order valence-electron chi connectivity index (χ2n) is 8.93. The first-order valence-corrected chi connectivity index (χ1v) is 13.3. The first-order chi connectivity index (χ1) is 18.7. The van der Waals surface area contributed by atoms with Crippen molar-refractivity contribution < 1.29 is 47.7 Å². The van der Waals surface area contributed by atoms with Gasteiger partial charge < -0.3 is 52.6 Å². The summed E-state index contributed by atoms with van der Waals surface area (Å²) in [6.45, 7) is 9.01. The molecule has 224 valence electrons. The van der Waals surface area contributed by atoms with Gasteiger partial charge in [-0.1, -0.05) is 0 Å². The van der Waals surface area contributed by atoms with Crippen LogP contribution in [-0.4, -0.2) is 172 Å². The standard InChI is InChI=1S/C25H49N3O10/c1-26(21-36-15-13-31-3)4-8-34-19-23-18-28(22-35-11-7-29)24(20-38-23)25(27-5-9-32-10-6-27)37-17-16-33-14-12-30-2/h18,24-25,29H,4-17,19-22H2,1-3H3. The first kappa shape index (κ1) is 33.1. The summed E-state index contributed by atoms with van der Waals surface area (Å²) in [7, 11) is 5.28. The highest BCUT2D eigenvalue weighted by Crippen LogP contribution is 2.22. The third-order valence-electron chi connectivity index (χ3n) is 5.94. The topological polar surface area (TPSA) is 113 Å². The van der Waals surface area contributed by atoms with E-state index < -0.39 is 0 Å². The summed E-state index contributed by atoms with van der Waals surface area (Å²) >= 11 is 0. The number of nitrogens with zero attached hydrogens (tertiary/aromatic N) is 3. The molecule has 0 saturated carbocycles. The molecule has 2 atom stereocenters. The molecule has 1 saturated heterocycles. The minimum Gasteiger partial charge on any atom is -0.492 e. The lowest BCUT2D eigenvalue weighted by Gasteiger charge is -2.44. The molecule has 0 spiro atoms. The van der Waals surface area contributed by atoms with Crippen molar-refractivity contribution in [2.75, 3.05) is 140 Å². The molecule has 2 unspecified atom stereocenters. The molecular formula is C25H49N3O10. The predicted octanol–water partition coefficient (Wildman–Crippen LogP) is -0.598. The summed E-state index contributed by atoms with van der Waals surface area (Å²) in [5, 5.41) is 9.21. The average molecular weight is 552 g/mol. The van der Waals surface area contributed by atoms with E-state index in [0.29, 0.717) is 86.1 Å². The first-order valence-electron chi connectivity index (χ1n) is 13.3. The van der Waals surface area contributed by atoms with Crippen molar-refractivity contribution in [1.82, 2.24) is 14.7 Å². The molecule has 0 aliphatic carbocycles. The molecular weight excluding hydrogens is 502 g/mol. The maximum Gasteiger partial charge on any atom is 0.138 e. The highest BCUT2D eigenvalue weighted by molar-refractivity contribution is 5.01. The van der Waals surface area contributed by atoms with Crippen molar-refractivity contribution >= 4 is 0 Å². The third kappa shape index (κ3) is 13.8. The number of hydrogen-bond donors (Lipinski definition) is 1. The molecule has 0 radical (unpaired) electrons. The summed E-state index contributed by atoms with van der Waals surface area (Å²) in [6.07, 6.45) is 1.68. The molecule has 0 aromatic rings. The van der Waals surface area contributed by atoms with Crippen molar-refractivity contribution in [3.63, 3.8) is 0 Å². The van der Waals surface area contributed by atoms with Gasteiger partial charge in [0.1, 0.15) is 38.0 Å². The Morgan fingerprint density at radius 1 is 0.947 bits per heavy atom. The van der Waals surface area contributed by atoms with Crippen molar-refractivity contribution in [2.24, 2.45) is 0 Å². The Morgan fingerprint density at radius 3 is 2.42 bits per heavy atom. The van der Waals surface area contributed by atoms with Crippen molar-refractivity contribution in [3.05, 3.63) is 12.0 Å². The lowest BCUT2D eigenvalue weighted by atomic mass is 10.1. The van der Waals surface area contributed by atoms with E-state index in [2.05, 4.69) is 9.80 Å². The highest BCUT2D eigenvalue weighted by Gasteiger charge is 2.36. The molecule has 2 heterocycles. The van der Waals surface area contributed by atoms with E-state index in [9.17, 15) is 5.11 Å². The third-order valence-corrected chi connectivity index (χ3v) is 5.94. The van der Waals surface area contributed by atoms with Crippen LogP contribution < -0.4 is 0 Å². The largest absolute Gasteiger partial charge is 0.492 e. The zero-order valence-electron chi connectivity index (χ0n) is 23.4. The fraction of sp³-hybridized carbons (Fsp3) is 0.920. The van der Waals surface area contributed by atoms with Crippen molar-refractivity contribution in [3.8, 4) is 0 Å². The summed E-state index contributed by atoms with van der Waals surface area (Å²) in [5.74, 6) is 0.719. The molecule has 1 fully saturated rings. The Hall–Kier alpha value is -1.10. The minimum atomic E-state index is -0.242. The van der Waals surface area contributed by atoms with Crippen molar-refractivity contribution in [2.45, 2.75) is 12.3 Å². The SMILES string of the molecule is COCCOCCOC(C1COC(COCCN(C)COCCOC)=CN1COCCO)N1CCOCC1. The van der Waals surface area contributed by atoms with Gasteiger partial charge in [-0.05, 0) is 7.05 Å². The molecule has 2 rings (SSSR count). The number of aliphatic hydroxyl groups is 1. The Morgan fingerprint density at radius 2 is 1.68 bits per heavy atom. The fourth-order valence-electron chi connectivity index (χ4n) is 3.88. The van der Waals surface area contributed by atoms with Gasteiger partial charge in [0, 0.05) is 40.1 Å². The van der Waals surface area contributed by atoms with Gasteiger partial charge in [-0.2, -0.15) is 0 Å². The smallest absolute Gasteiger partial charge is 0.138 e. The summed E-state index contributed by atoms with van der Waals surface area (Å²) < 4.78 is 50.7. The van der Waals surface area contributed by atoms with Crippen LogP contribution >= 0.6 is 0 Å². The van der Waals surface area contributed by atoms with Crippen LogP contribution in [0.1, 0.15) is 0 Å². The van der Waals surface area contributed by atoms with Gasteiger partial charge in [-0.25, -0.2) is 0 Å². The normalized spacial score (nSPS) is 19.6. The van der Waals surface area contributed by atoms with Crippen LogP contribution in [0.3, 0.4) is 0 Å². The number of methoxy groups -OCH3 is 2. The quantitative estimate of drug-likeness (QED) is 0.129. The Balaban J connectivity index is 1.91. The summed E-state index contributed by atoms with van der Waals surface area (Å²) in [5.41, 5.74) is 0. The molecule has 0 aromatic heterocycles. The zero-order valence-corrected chi connectivity index (χ0v) is 23.4. The average Bonchev–Trinajstić information content (AvgIpc) is 2.94. The minimum absolute atomic E-state index is 0.0421. The van der Waals surface area contributed by atoms with Crippen LogP contribution in [0.15, 0.2) is 12.0 Å². The van der Waals surface area contributed by atoms with E-state index in [4.69, 9.17) is 42.6 Å². The van der Waals surface area contributed by atoms with Crippen LogP contribution in [0.2, 0.25) is 0 Å². The lowest BCUT2D eigenvalue weighted by Crippen LogP contribution is -2.58. The zero-order chi connectivity index (χ0) is 27.3.